The van der Waals surface area contributed by atoms with Crippen LogP contribution in [-0.2, 0) is 11.3 Å². The minimum absolute atomic E-state index is 0. The van der Waals surface area contributed by atoms with Crippen molar-refractivity contribution in [1.82, 2.24) is 5.32 Å². The number of carbonyl (C=O) groups excluding carboxylic acids is 1. The minimum Gasteiger partial charge on any atom is -0.351 e. The molecule has 0 radical (unpaired) electrons. The first-order chi connectivity index (χ1) is 6.63. The summed E-state index contributed by atoms with van der Waals surface area (Å²) in [7, 11) is 0. The molecule has 0 bridgehead atoms. The molecule has 3 nitrogen and oxygen atoms in total. The van der Waals surface area contributed by atoms with Gasteiger partial charge in [0.25, 0.3) is 0 Å². The summed E-state index contributed by atoms with van der Waals surface area (Å²) in [6.45, 7) is 0.235. The van der Waals surface area contributed by atoms with E-state index in [-0.39, 0.29) is 30.7 Å². The summed E-state index contributed by atoms with van der Waals surface area (Å²) in [6.07, 6.45) is 0. The Morgan fingerprint density at radius 2 is 2.20 bits per heavy atom. The van der Waals surface area contributed by atoms with E-state index in [1.54, 1.807) is 12.1 Å². The summed E-state index contributed by atoms with van der Waals surface area (Å²) in [5, 5.41) is 2.55. The van der Waals surface area contributed by atoms with Crippen LogP contribution >= 0.6 is 28.3 Å². The second kappa shape index (κ2) is 6.76. The van der Waals surface area contributed by atoms with Gasteiger partial charge >= 0.3 is 0 Å². The number of halogens is 3. The van der Waals surface area contributed by atoms with Crippen molar-refractivity contribution < 1.29 is 9.18 Å². The molecule has 0 aromatic heterocycles. The van der Waals surface area contributed by atoms with Crippen LogP contribution in [0.1, 0.15) is 5.56 Å². The van der Waals surface area contributed by atoms with Crippen molar-refractivity contribution in [2.24, 2.45) is 5.73 Å². The molecular formula is C9H11BrClFN2O. The van der Waals surface area contributed by atoms with Crippen LogP contribution in [0.5, 0.6) is 0 Å². The summed E-state index contributed by atoms with van der Waals surface area (Å²) >= 11 is 3.04. The number of hydrogen-bond donors (Lipinski definition) is 2. The first-order valence-electron chi connectivity index (χ1n) is 4.04. The first-order valence-corrected chi connectivity index (χ1v) is 4.83. The topological polar surface area (TPSA) is 55.1 Å². The third kappa shape index (κ3) is 4.59. The minimum atomic E-state index is -0.343. The number of hydrogen-bond acceptors (Lipinski definition) is 2. The molecule has 0 aliphatic rings. The third-order valence-corrected chi connectivity index (χ3v) is 2.30. The Kier molecular flexibility index (Phi) is 6.47. The van der Waals surface area contributed by atoms with Gasteiger partial charge in [-0.25, -0.2) is 4.39 Å². The smallest absolute Gasteiger partial charge is 0.234 e. The lowest BCUT2D eigenvalue weighted by Crippen LogP contribution is -2.29. The van der Waals surface area contributed by atoms with Gasteiger partial charge in [-0.1, -0.05) is 6.07 Å². The van der Waals surface area contributed by atoms with Crippen molar-refractivity contribution in [3.8, 4) is 0 Å². The molecule has 1 aromatic rings. The second-order valence-corrected chi connectivity index (χ2v) is 3.58. The van der Waals surface area contributed by atoms with Crippen molar-refractivity contribution in [2.75, 3.05) is 6.54 Å². The number of carbonyl (C=O) groups is 1. The van der Waals surface area contributed by atoms with Crippen molar-refractivity contribution in [2.45, 2.75) is 6.54 Å². The van der Waals surface area contributed by atoms with Gasteiger partial charge in [-0.3, -0.25) is 4.79 Å². The van der Waals surface area contributed by atoms with E-state index in [1.807, 2.05) is 0 Å². The molecule has 0 aliphatic heterocycles. The van der Waals surface area contributed by atoms with E-state index in [2.05, 4.69) is 21.2 Å². The molecule has 1 rings (SSSR count). The SMILES string of the molecule is Cl.NCC(=O)NCc1ccc(Br)c(F)c1. The Balaban J connectivity index is 0.00000196. The van der Waals surface area contributed by atoms with Crippen LogP contribution in [0.25, 0.3) is 0 Å². The van der Waals surface area contributed by atoms with Crippen LogP contribution in [0.15, 0.2) is 22.7 Å². The average molecular weight is 298 g/mol. The van der Waals surface area contributed by atoms with Crippen LogP contribution < -0.4 is 11.1 Å². The van der Waals surface area contributed by atoms with Gasteiger partial charge in [0.1, 0.15) is 5.82 Å². The highest BCUT2D eigenvalue weighted by Gasteiger charge is 2.01. The lowest BCUT2D eigenvalue weighted by atomic mass is 10.2. The molecule has 0 saturated carbocycles. The molecule has 0 aliphatic carbocycles. The fourth-order valence-corrected chi connectivity index (χ4v) is 1.17. The Labute approximate surface area is 102 Å². The summed E-state index contributed by atoms with van der Waals surface area (Å²) in [4.78, 5) is 10.8. The molecule has 0 atom stereocenters. The fourth-order valence-electron chi connectivity index (χ4n) is 0.922. The van der Waals surface area contributed by atoms with E-state index in [1.165, 1.54) is 6.07 Å². The molecule has 1 aromatic carbocycles. The highest BCUT2D eigenvalue weighted by molar-refractivity contribution is 9.10. The Morgan fingerprint density at radius 1 is 1.53 bits per heavy atom. The molecule has 84 valence electrons. The summed E-state index contributed by atoms with van der Waals surface area (Å²) in [5.41, 5.74) is 5.80. The van der Waals surface area contributed by atoms with Crippen LogP contribution in [0, 0.1) is 5.82 Å². The molecule has 0 saturated heterocycles. The Morgan fingerprint density at radius 3 is 2.73 bits per heavy atom. The van der Waals surface area contributed by atoms with Crippen LogP contribution in [-0.4, -0.2) is 12.5 Å². The molecule has 0 spiro atoms. The summed E-state index contributed by atoms with van der Waals surface area (Å²) in [6, 6.07) is 4.68. The van der Waals surface area contributed by atoms with Gasteiger partial charge < -0.3 is 11.1 Å². The van der Waals surface area contributed by atoms with E-state index < -0.39 is 0 Å². The highest BCUT2D eigenvalue weighted by atomic mass is 79.9. The number of benzene rings is 1. The van der Waals surface area contributed by atoms with Crippen molar-refractivity contribution in [3.63, 3.8) is 0 Å². The predicted molar refractivity (Wildman–Crippen MR) is 62.2 cm³/mol. The molecule has 3 N–H and O–H groups in total. The zero-order valence-electron chi connectivity index (χ0n) is 7.80. The van der Waals surface area contributed by atoms with E-state index in [4.69, 9.17) is 5.73 Å². The largest absolute Gasteiger partial charge is 0.351 e. The van der Waals surface area contributed by atoms with Gasteiger partial charge in [-0.05, 0) is 33.6 Å². The van der Waals surface area contributed by atoms with Crippen LogP contribution in [0.4, 0.5) is 4.39 Å². The molecule has 0 heterocycles. The maximum Gasteiger partial charge on any atom is 0.234 e. The second-order valence-electron chi connectivity index (χ2n) is 2.73. The maximum absolute atomic E-state index is 13.0. The normalized spacial score (nSPS) is 9.27. The maximum atomic E-state index is 13.0. The van der Waals surface area contributed by atoms with Gasteiger partial charge in [0.2, 0.25) is 5.91 Å². The number of amides is 1. The zero-order valence-corrected chi connectivity index (χ0v) is 10.2. The number of rotatable bonds is 3. The fraction of sp³-hybridized carbons (Fsp3) is 0.222. The summed E-state index contributed by atoms with van der Waals surface area (Å²) in [5.74, 6) is -0.599. The monoisotopic (exact) mass is 296 g/mol. The molecule has 6 heteroatoms. The molecular weight excluding hydrogens is 286 g/mol. The molecule has 0 fully saturated rings. The van der Waals surface area contributed by atoms with Crippen molar-refractivity contribution in [3.05, 3.63) is 34.1 Å². The Bertz CT molecular complexity index is 349. The lowest BCUT2D eigenvalue weighted by molar-refractivity contribution is -0.119. The van der Waals surface area contributed by atoms with E-state index in [0.29, 0.717) is 16.6 Å². The van der Waals surface area contributed by atoms with Crippen molar-refractivity contribution in [1.29, 1.82) is 0 Å². The van der Waals surface area contributed by atoms with Crippen LogP contribution in [0.3, 0.4) is 0 Å². The number of nitrogens with two attached hydrogens (primary N) is 1. The third-order valence-electron chi connectivity index (χ3n) is 1.66. The highest BCUT2D eigenvalue weighted by Crippen LogP contribution is 2.16. The van der Waals surface area contributed by atoms with E-state index >= 15 is 0 Å². The standard InChI is InChI=1S/C9H10BrFN2O.ClH/c10-7-2-1-6(3-8(7)11)5-13-9(14)4-12;/h1-3H,4-5,12H2,(H,13,14);1H. The lowest BCUT2D eigenvalue weighted by Gasteiger charge is -2.04. The zero-order chi connectivity index (χ0) is 10.6. The van der Waals surface area contributed by atoms with Crippen LogP contribution in [0.2, 0.25) is 0 Å². The Hall–Kier alpha value is -0.650. The molecule has 1 amide bonds. The van der Waals surface area contributed by atoms with E-state index in [9.17, 15) is 9.18 Å². The van der Waals surface area contributed by atoms with Gasteiger partial charge in [-0.2, -0.15) is 0 Å². The van der Waals surface area contributed by atoms with Gasteiger partial charge in [0.15, 0.2) is 0 Å². The molecule has 15 heavy (non-hydrogen) atoms. The van der Waals surface area contributed by atoms with E-state index in [0.717, 1.165) is 0 Å². The number of nitrogens with one attached hydrogen (secondary N) is 1. The van der Waals surface area contributed by atoms with Gasteiger partial charge in [-0.15, -0.1) is 12.4 Å². The predicted octanol–water partition coefficient (Wildman–Crippen LogP) is 1.58. The molecule has 0 unspecified atom stereocenters. The average Bonchev–Trinajstić information content (AvgIpc) is 2.19. The quantitative estimate of drug-likeness (QED) is 0.890. The van der Waals surface area contributed by atoms with Gasteiger partial charge in [0.05, 0.1) is 11.0 Å². The van der Waals surface area contributed by atoms with Crippen molar-refractivity contribution >= 4 is 34.2 Å². The first kappa shape index (κ1) is 14.3. The van der Waals surface area contributed by atoms with Gasteiger partial charge in [0, 0.05) is 6.54 Å². The summed E-state index contributed by atoms with van der Waals surface area (Å²) < 4.78 is 13.4.